The van der Waals surface area contributed by atoms with Crippen molar-refractivity contribution in [3.63, 3.8) is 0 Å². The Balaban J connectivity index is 1.91. The minimum atomic E-state index is 0.504. The molecule has 0 radical (unpaired) electrons. The molecule has 0 unspecified atom stereocenters. The minimum Gasteiger partial charge on any atom is -0.384 e. The van der Waals surface area contributed by atoms with Gasteiger partial charge in [0.25, 0.3) is 0 Å². The van der Waals surface area contributed by atoms with E-state index in [1.165, 1.54) is 22.6 Å². The number of nitrogens with zero attached hydrogens (tertiary/aromatic N) is 4. The molecule has 6 nitrogen and oxygen atoms in total. The second-order valence-corrected chi connectivity index (χ2v) is 5.19. The number of nitrogen functional groups attached to an aromatic ring is 1. The minimum absolute atomic E-state index is 0.504. The van der Waals surface area contributed by atoms with Crippen molar-refractivity contribution in [2.45, 2.75) is 6.42 Å². The third-order valence-corrected chi connectivity index (χ3v) is 3.81. The highest BCUT2D eigenvalue weighted by molar-refractivity contribution is 7.20. The van der Waals surface area contributed by atoms with E-state index in [0.717, 1.165) is 29.3 Å². The Kier molecular flexibility index (Phi) is 1.87. The molecule has 4 rings (SSSR count). The number of hydrogen-bond acceptors (Lipinski definition) is 6. The number of fused-ring (bicyclic) bond motifs is 2. The van der Waals surface area contributed by atoms with E-state index in [1.807, 2.05) is 6.07 Å². The molecule has 2 aromatic heterocycles. The zero-order valence-electron chi connectivity index (χ0n) is 9.42. The Bertz CT molecular complexity index is 743. The molecule has 18 heavy (non-hydrogen) atoms. The molecule has 3 aromatic rings. The van der Waals surface area contributed by atoms with Crippen molar-refractivity contribution in [3.05, 3.63) is 23.8 Å². The zero-order valence-corrected chi connectivity index (χ0v) is 10.2. The highest BCUT2D eigenvalue weighted by Gasteiger charge is 2.15. The summed E-state index contributed by atoms with van der Waals surface area (Å²) in [5.41, 5.74) is 9.22. The van der Waals surface area contributed by atoms with E-state index in [-0.39, 0.29) is 0 Å². The fraction of sp³-hybridized carbons (Fsp3) is 0.182. The lowest BCUT2D eigenvalue weighted by Crippen LogP contribution is -1.93. The van der Waals surface area contributed by atoms with Crippen LogP contribution in [0.2, 0.25) is 0 Å². The number of benzene rings is 1. The third kappa shape index (κ3) is 1.31. The van der Waals surface area contributed by atoms with Crippen LogP contribution in [0.5, 0.6) is 0 Å². The first kappa shape index (κ1) is 9.84. The fourth-order valence-corrected chi connectivity index (χ4v) is 2.86. The lowest BCUT2D eigenvalue weighted by molar-refractivity contribution is 0.972. The first-order valence-electron chi connectivity index (χ1n) is 5.66. The monoisotopic (exact) mass is 258 g/mol. The van der Waals surface area contributed by atoms with Crippen LogP contribution in [-0.4, -0.2) is 26.4 Å². The fourth-order valence-electron chi connectivity index (χ4n) is 2.26. The Labute approximate surface area is 106 Å². The van der Waals surface area contributed by atoms with Crippen LogP contribution in [0, 0.1) is 0 Å². The summed E-state index contributed by atoms with van der Waals surface area (Å²) in [5, 5.41) is 16.3. The van der Waals surface area contributed by atoms with E-state index in [9.17, 15) is 0 Å². The lowest BCUT2D eigenvalue weighted by Gasteiger charge is -2.02. The summed E-state index contributed by atoms with van der Waals surface area (Å²) in [4.78, 5) is 0.723. The lowest BCUT2D eigenvalue weighted by atomic mass is 10.1. The molecular formula is C11H10N6S. The highest BCUT2D eigenvalue weighted by atomic mass is 32.1. The quantitative estimate of drug-likeness (QED) is 0.689. The summed E-state index contributed by atoms with van der Waals surface area (Å²) in [6, 6.07) is 6.25. The van der Waals surface area contributed by atoms with E-state index in [2.05, 4.69) is 32.7 Å². The average Bonchev–Trinajstić information content (AvgIpc) is 3.01. The standard InChI is InChI=1S/C11H10N6S/c12-10-16-17-9(14-15-11(17)18-10)7-1-2-8-6(5-7)3-4-13-8/h1-2,5,13H,3-4H2,(H2,12,16). The maximum atomic E-state index is 5.68. The molecule has 3 N–H and O–H groups in total. The molecule has 90 valence electrons. The van der Waals surface area contributed by atoms with Crippen LogP contribution in [0.3, 0.4) is 0 Å². The van der Waals surface area contributed by atoms with Gasteiger partial charge in [0.05, 0.1) is 0 Å². The van der Waals surface area contributed by atoms with Crippen LogP contribution < -0.4 is 11.1 Å². The van der Waals surface area contributed by atoms with Gasteiger partial charge in [0, 0.05) is 17.8 Å². The Morgan fingerprint density at radius 3 is 3.22 bits per heavy atom. The van der Waals surface area contributed by atoms with E-state index in [0.29, 0.717) is 5.13 Å². The van der Waals surface area contributed by atoms with E-state index >= 15 is 0 Å². The molecule has 0 amide bonds. The molecule has 7 heteroatoms. The van der Waals surface area contributed by atoms with Crippen LogP contribution in [0.4, 0.5) is 10.8 Å². The van der Waals surface area contributed by atoms with Gasteiger partial charge in [0.15, 0.2) is 5.82 Å². The molecular weight excluding hydrogens is 248 g/mol. The zero-order chi connectivity index (χ0) is 12.1. The SMILES string of the molecule is Nc1nn2c(-c3ccc4c(c3)CCN4)nnc2s1. The Hall–Kier alpha value is -2.15. The number of rotatable bonds is 1. The van der Waals surface area contributed by atoms with Crippen molar-refractivity contribution in [2.24, 2.45) is 0 Å². The molecule has 0 saturated carbocycles. The highest BCUT2D eigenvalue weighted by Crippen LogP contribution is 2.28. The van der Waals surface area contributed by atoms with E-state index in [1.54, 1.807) is 4.52 Å². The van der Waals surface area contributed by atoms with Crippen LogP contribution in [0.1, 0.15) is 5.56 Å². The first-order valence-corrected chi connectivity index (χ1v) is 6.48. The van der Waals surface area contributed by atoms with Crippen molar-refractivity contribution in [2.75, 3.05) is 17.6 Å². The van der Waals surface area contributed by atoms with Crippen molar-refractivity contribution >= 4 is 27.1 Å². The van der Waals surface area contributed by atoms with Gasteiger partial charge < -0.3 is 11.1 Å². The second-order valence-electron chi connectivity index (χ2n) is 4.21. The van der Waals surface area contributed by atoms with Gasteiger partial charge in [-0.3, -0.25) is 0 Å². The summed E-state index contributed by atoms with van der Waals surface area (Å²) in [6.45, 7) is 0.998. The third-order valence-electron chi connectivity index (χ3n) is 3.08. The molecule has 1 aromatic carbocycles. The largest absolute Gasteiger partial charge is 0.384 e. The average molecular weight is 258 g/mol. The topological polar surface area (TPSA) is 81.1 Å². The van der Waals surface area contributed by atoms with Gasteiger partial charge >= 0.3 is 0 Å². The summed E-state index contributed by atoms with van der Waals surface area (Å²) in [5.74, 6) is 0.743. The van der Waals surface area contributed by atoms with Gasteiger partial charge in [0.1, 0.15) is 0 Å². The molecule has 0 saturated heterocycles. The molecule has 1 aliphatic heterocycles. The predicted octanol–water partition coefficient (Wildman–Crippen LogP) is 1.40. The summed E-state index contributed by atoms with van der Waals surface area (Å²) < 4.78 is 1.70. The summed E-state index contributed by atoms with van der Waals surface area (Å²) in [7, 11) is 0. The van der Waals surface area contributed by atoms with Crippen LogP contribution in [0.15, 0.2) is 18.2 Å². The van der Waals surface area contributed by atoms with Gasteiger partial charge in [-0.05, 0) is 30.2 Å². The van der Waals surface area contributed by atoms with Crippen LogP contribution in [-0.2, 0) is 6.42 Å². The molecule has 0 fully saturated rings. The maximum Gasteiger partial charge on any atom is 0.236 e. The van der Waals surface area contributed by atoms with Gasteiger partial charge in [0.2, 0.25) is 10.1 Å². The summed E-state index contributed by atoms with van der Waals surface area (Å²) in [6.07, 6.45) is 1.05. The maximum absolute atomic E-state index is 5.68. The van der Waals surface area contributed by atoms with E-state index < -0.39 is 0 Å². The van der Waals surface area contributed by atoms with Crippen molar-refractivity contribution < 1.29 is 0 Å². The second kappa shape index (κ2) is 3.42. The normalized spacial score (nSPS) is 13.8. The van der Waals surface area contributed by atoms with Crippen LogP contribution >= 0.6 is 11.3 Å². The van der Waals surface area contributed by atoms with Gasteiger partial charge in [-0.15, -0.1) is 15.3 Å². The first-order chi connectivity index (χ1) is 8.81. The van der Waals surface area contributed by atoms with Crippen LogP contribution in [0.25, 0.3) is 16.3 Å². The Morgan fingerprint density at radius 2 is 2.28 bits per heavy atom. The van der Waals surface area contributed by atoms with E-state index in [4.69, 9.17) is 5.73 Å². The van der Waals surface area contributed by atoms with Gasteiger partial charge in [-0.25, -0.2) is 0 Å². The molecule has 0 aliphatic carbocycles. The van der Waals surface area contributed by atoms with Crippen molar-refractivity contribution in [3.8, 4) is 11.4 Å². The number of hydrogen-bond donors (Lipinski definition) is 2. The van der Waals surface area contributed by atoms with Gasteiger partial charge in [-0.2, -0.15) is 4.52 Å². The molecule has 0 bridgehead atoms. The Morgan fingerprint density at radius 1 is 1.33 bits per heavy atom. The number of anilines is 2. The number of nitrogens with one attached hydrogen (secondary N) is 1. The number of nitrogens with two attached hydrogens (primary N) is 1. The molecule has 0 atom stereocenters. The smallest absolute Gasteiger partial charge is 0.236 e. The van der Waals surface area contributed by atoms with Gasteiger partial charge in [-0.1, -0.05) is 11.3 Å². The van der Waals surface area contributed by atoms with Crippen molar-refractivity contribution in [1.29, 1.82) is 0 Å². The molecule has 0 spiro atoms. The molecule has 1 aliphatic rings. The summed E-state index contributed by atoms with van der Waals surface area (Å²) >= 11 is 1.34. The predicted molar refractivity (Wildman–Crippen MR) is 70.7 cm³/mol. The number of aromatic nitrogens is 4. The molecule has 3 heterocycles. The van der Waals surface area contributed by atoms with Crippen molar-refractivity contribution in [1.82, 2.24) is 19.8 Å².